The molecule has 1 atom stereocenters. The maximum Gasteiger partial charge on any atom is 0.243 e. The van der Waals surface area contributed by atoms with Crippen LogP contribution in [0.2, 0.25) is 5.02 Å². The summed E-state index contributed by atoms with van der Waals surface area (Å²) in [5.74, 6) is 0.790. The van der Waals surface area contributed by atoms with Crippen LogP contribution >= 0.6 is 11.6 Å². The highest BCUT2D eigenvalue weighted by molar-refractivity contribution is 6.30. The van der Waals surface area contributed by atoms with Gasteiger partial charge in [0.15, 0.2) is 0 Å². The molecule has 0 aliphatic carbocycles. The van der Waals surface area contributed by atoms with Gasteiger partial charge in [0.05, 0.1) is 6.04 Å². The van der Waals surface area contributed by atoms with Crippen LogP contribution in [0.4, 0.5) is 5.95 Å². The summed E-state index contributed by atoms with van der Waals surface area (Å²) in [5, 5.41) is 3.55. The number of hydrogen-bond donors (Lipinski definition) is 1. The maximum atomic E-state index is 12.4. The molecule has 3 rings (SSSR count). The molecule has 0 bridgehead atoms. The van der Waals surface area contributed by atoms with E-state index < -0.39 is 0 Å². The lowest BCUT2D eigenvalue weighted by atomic mass is 9.89. The second kappa shape index (κ2) is 7.73. The van der Waals surface area contributed by atoms with Gasteiger partial charge in [0.25, 0.3) is 0 Å². The van der Waals surface area contributed by atoms with Crippen LogP contribution in [0.15, 0.2) is 42.7 Å². The summed E-state index contributed by atoms with van der Waals surface area (Å²) in [6.07, 6.45) is 5.28. The highest BCUT2D eigenvalue weighted by Gasteiger charge is 2.27. The second-order valence-electron chi connectivity index (χ2n) is 6.10. The topological polar surface area (TPSA) is 58.1 Å². The number of amides is 1. The van der Waals surface area contributed by atoms with Crippen molar-refractivity contribution in [2.75, 3.05) is 18.4 Å². The van der Waals surface area contributed by atoms with Crippen molar-refractivity contribution >= 4 is 23.5 Å². The summed E-state index contributed by atoms with van der Waals surface area (Å²) >= 11 is 6.09. The Labute approximate surface area is 147 Å². The highest BCUT2D eigenvalue weighted by atomic mass is 35.5. The van der Waals surface area contributed by atoms with Crippen molar-refractivity contribution in [1.82, 2.24) is 14.9 Å². The van der Waals surface area contributed by atoms with Crippen molar-refractivity contribution in [3.8, 4) is 0 Å². The standard InChI is InChI=1S/C18H21ClN4O/c1-13(17(24)22-18-20-8-3-9-21-18)23-10-6-14(7-11-23)15-4-2-5-16(19)12-15/h2-5,8-9,12-14H,6-7,10-11H2,1H3,(H,20,21,22,24). The van der Waals surface area contributed by atoms with E-state index in [0.29, 0.717) is 11.9 Å². The molecule has 1 saturated heterocycles. The fourth-order valence-electron chi connectivity index (χ4n) is 3.12. The van der Waals surface area contributed by atoms with E-state index in [4.69, 9.17) is 11.6 Å². The summed E-state index contributed by atoms with van der Waals surface area (Å²) in [5.41, 5.74) is 1.29. The number of carbonyl (C=O) groups is 1. The molecule has 5 nitrogen and oxygen atoms in total. The molecule has 24 heavy (non-hydrogen) atoms. The molecule has 1 fully saturated rings. The van der Waals surface area contributed by atoms with Crippen LogP contribution in [0.1, 0.15) is 31.2 Å². The first-order chi connectivity index (χ1) is 11.6. The smallest absolute Gasteiger partial charge is 0.243 e. The molecule has 1 amide bonds. The van der Waals surface area contributed by atoms with Crippen molar-refractivity contribution in [2.24, 2.45) is 0 Å². The van der Waals surface area contributed by atoms with Gasteiger partial charge in [-0.05, 0) is 62.5 Å². The Morgan fingerprint density at radius 1 is 1.25 bits per heavy atom. The molecule has 1 aliphatic heterocycles. The Morgan fingerprint density at radius 3 is 2.62 bits per heavy atom. The molecule has 0 saturated carbocycles. The third-order valence-corrected chi connectivity index (χ3v) is 4.81. The second-order valence-corrected chi connectivity index (χ2v) is 6.54. The fourth-order valence-corrected chi connectivity index (χ4v) is 3.32. The van der Waals surface area contributed by atoms with Crippen LogP contribution in [0.25, 0.3) is 0 Å². The SMILES string of the molecule is CC(C(=O)Nc1ncccn1)N1CCC(c2cccc(Cl)c2)CC1. The number of nitrogens with one attached hydrogen (secondary N) is 1. The van der Waals surface area contributed by atoms with Crippen molar-refractivity contribution in [3.05, 3.63) is 53.3 Å². The third-order valence-electron chi connectivity index (χ3n) is 4.58. The van der Waals surface area contributed by atoms with Crippen LogP contribution in [-0.2, 0) is 4.79 Å². The van der Waals surface area contributed by atoms with E-state index >= 15 is 0 Å². The molecule has 1 aliphatic rings. The lowest BCUT2D eigenvalue weighted by molar-refractivity contribution is -0.121. The van der Waals surface area contributed by atoms with Crippen molar-refractivity contribution in [3.63, 3.8) is 0 Å². The van der Waals surface area contributed by atoms with E-state index in [1.807, 2.05) is 25.1 Å². The number of carbonyl (C=O) groups excluding carboxylic acids is 1. The van der Waals surface area contributed by atoms with E-state index in [1.54, 1.807) is 18.5 Å². The minimum Gasteiger partial charge on any atom is -0.293 e. The molecule has 1 aromatic heterocycles. The molecule has 1 unspecified atom stereocenters. The number of piperidine rings is 1. The van der Waals surface area contributed by atoms with Gasteiger partial charge in [-0.3, -0.25) is 15.0 Å². The van der Waals surface area contributed by atoms with Gasteiger partial charge >= 0.3 is 0 Å². The van der Waals surface area contributed by atoms with E-state index in [1.165, 1.54) is 5.56 Å². The summed E-state index contributed by atoms with van der Waals surface area (Å²) in [6.45, 7) is 3.71. The Morgan fingerprint density at radius 2 is 1.96 bits per heavy atom. The fraction of sp³-hybridized carbons (Fsp3) is 0.389. The highest BCUT2D eigenvalue weighted by Crippen LogP contribution is 2.30. The predicted octanol–water partition coefficient (Wildman–Crippen LogP) is 3.34. The van der Waals surface area contributed by atoms with Gasteiger partial charge in [-0.1, -0.05) is 23.7 Å². The number of hydrogen-bond acceptors (Lipinski definition) is 4. The van der Waals surface area contributed by atoms with Crippen LogP contribution in [0.3, 0.4) is 0 Å². The number of benzene rings is 1. The Hall–Kier alpha value is -1.98. The average Bonchev–Trinajstić information content (AvgIpc) is 2.62. The van der Waals surface area contributed by atoms with E-state index in [0.717, 1.165) is 31.0 Å². The molecule has 6 heteroatoms. The van der Waals surface area contributed by atoms with Crippen molar-refractivity contribution < 1.29 is 4.79 Å². The first-order valence-corrected chi connectivity index (χ1v) is 8.58. The molecule has 2 heterocycles. The quantitative estimate of drug-likeness (QED) is 0.924. The number of rotatable bonds is 4. The summed E-state index contributed by atoms with van der Waals surface area (Å²) in [6, 6.07) is 9.60. The summed E-state index contributed by atoms with van der Waals surface area (Å²) < 4.78 is 0. The zero-order chi connectivity index (χ0) is 16.9. The van der Waals surface area contributed by atoms with Crippen molar-refractivity contribution in [1.29, 1.82) is 0 Å². The largest absolute Gasteiger partial charge is 0.293 e. The van der Waals surface area contributed by atoms with Crippen LogP contribution in [-0.4, -0.2) is 39.9 Å². The number of nitrogens with zero attached hydrogens (tertiary/aromatic N) is 3. The molecular weight excluding hydrogens is 324 g/mol. The Bertz CT molecular complexity index is 686. The third kappa shape index (κ3) is 4.10. The van der Waals surface area contributed by atoms with Crippen LogP contribution in [0.5, 0.6) is 0 Å². The number of likely N-dealkylation sites (tertiary alicyclic amines) is 1. The predicted molar refractivity (Wildman–Crippen MR) is 95.1 cm³/mol. The van der Waals surface area contributed by atoms with Gasteiger partial charge in [-0.25, -0.2) is 9.97 Å². The Balaban J connectivity index is 1.55. The zero-order valence-electron chi connectivity index (χ0n) is 13.7. The zero-order valence-corrected chi connectivity index (χ0v) is 14.4. The molecule has 126 valence electrons. The average molecular weight is 345 g/mol. The lowest BCUT2D eigenvalue weighted by Gasteiger charge is -2.35. The molecular formula is C18H21ClN4O. The maximum absolute atomic E-state index is 12.4. The monoisotopic (exact) mass is 344 g/mol. The molecule has 0 radical (unpaired) electrons. The Kier molecular flexibility index (Phi) is 5.43. The van der Waals surface area contributed by atoms with E-state index in [2.05, 4.69) is 26.3 Å². The lowest BCUT2D eigenvalue weighted by Crippen LogP contribution is -2.45. The normalized spacial score (nSPS) is 17.4. The minimum atomic E-state index is -0.200. The molecule has 1 aromatic carbocycles. The van der Waals surface area contributed by atoms with Gasteiger partial charge < -0.3 is 0 Å². The number of aromatic nitrogens is 2. The molecule has 0 spiro atoms. The molecule has 1 N–H and O–H groups in total. The minimum absolute atomic E-state index is 0.0672. The van der Waals surface area contributed by atoms with E-state index in [9.17, 15) is 4.79 Å². The van der Waals surface area contributed by atoms with Crippen LogP contribution < -0.4 is 5.32 Å². The van der Waals surface area contributed by atoms with Gasteiger partial charge in [-0.2, -0.15) is 0 Å². The summed E-state index contributed by atoms with van der Waals surface area (Å²) in [7, 11) is 0. The van der Waals surface area contributed by atoms with Gasteiger partial charge in [0.2, 0.25) is 11.9 Å². The molecule has 2 aromatic rings. The first-order valence-electron chi connectivity index (χ1n) is 8.21. The van der Waals surface area contributed by atoms with Gasteiger partial charge in [-0.15, -0.1) is 0 Å². The van der Waals surface area contributed by atoms with Gasteiger partial charge in [0.1, 0.15) is 0 Å². The van der Waals surface area contributed by atoms with Crippen molar-refractivity contribution in [2.45, 2.75) is 31.7 Å². The number of anilines is 1. The number of halogens is 1. The van der Waals surface area contributed by atoms with Gasteiger partial charge in [0, 0.05) is 17.4 Å². The van der Waals surface area contributed by atoms with Crippen LogP contribution in [0, 0.1) is 0 Å². The first kappa shape index (κ1) is 16.9. The summed E-state index contributed by atoms with van der Waals surface area (Å²) in [4.78, 5) is 22.6. The van der Waals surface area contributed by atoms with E-state index in [-0.39, 0.29) is 11.9 Å².